The van der Waals surface area contributed by atoms with E-state index < -0.39 is 12.0 Å². The maximum absolute atomic E-state index is 12.5. The first-order valence-corrected chi connectivity index (χ1v) is 11.5. The van der Waals surface area contributed by atoms with E-state index in [1.54, 1.807) is 11.8 Å². The van der Waals surface area contributed by atoms with E-state index >= 15 is 0 Å². The van der Waals surface area contributed by atoms with Crippen molar-refractivity contribution >= 4 is 23.6 Å². The van der Waals surface area contributed by atoms with Crippen LogP contribution < -0.4 is 5.32 Å². The summed E-state index contributed by atoms with van der Waals surface area (Å²) in [5.41, 5.74) is 2.26. The highest BCUT2D eigenvalue weighted by molar-refractivity contribution is 7.98. The first-order valence-electron chi connectivity index (χ1n) is 10.1. The van der Waals surface area contributed by atoms with Gasteiger partial charge in [-0.2, -0.15) is 11.8 Å². The molecule has 0 aromatic heterocycles. The normalized spacial score (nSPS) is 32.3. The third-order valence-corrected chi connectivity index (χ3v) is 7.66. The second kappa shape index (κ2) is 7.50. The van der Waals surface area contributed by atoms with Crippen molar-refractivity contribution in [2.24, 2.45) is 17.8 Å². The lowest BCUT2D eigenvalue weighted by molar-refractivity contribution is -0.139. The maximum atomic E-state index is 12.5. The molecule has 1 aromatic rings. The maximum Gasteiger partial charge on any atom is 0.326 e. The van der Waals surface area contributed by atoms with Gasteiger partial charge in [-0.05, 0) is 97.8 Å². The van der Waals surface area contributed by atoms with E-state index in [0.717, 1.165) is 17.8 Å². The molecule has 4 bridgehead atoms. The molecule has 1 atom stereocenters. The van der Waals surface area contributed by atoms with E-state index in [4.69, 9.17) is 0 Å². The Balaban J connectivity index is 1.46. The van der Waals surface area contributed by atoms with Crippen molar-refractivity contribution in [1.82, 2.24) is 5.32 Å². The second-order valence-corrected chi connectivity index (χ2v) is 9.91. The lowest BCUT2D eigenvalue weighted by Gasteiger charge is -2.57. The Bertz CT molecular complexity index is 679. The topological polar surface area (TPSA) is 66.4 Å². The Morgan fingerprint density at radius 3 is 2.15 bits per heavy atom. The van der Waals surface area contributed by atoms with Crippen LogP contribution in [0.2, 0.25) is 0 Å². The van der Waals surface area contributed by atoms with Crippen LogP contribution in [0.1, 0.15) is 60.9 Å². The highest BCUT2D eigenvalue weighted by atomic mass is 32.2. The smallest absolute Gasteiger partial charge is 0.326 e. The Morgan fingerprint density at radius 2 is 1.67 bits per heavy atom. The number of rotatable bonds is 7. The number of carboxylic acids is 1. The SMILES string of the molecule is CSCCC(NC(=O)c1ccc(C23CC4CC(CC(C4)C2)C3)cc1)C(=O)O. The number of thioether (sulfide) groups is 1. The first-order chi connectivity index (χ1) is 13.0. The van der Waals surface area contributed by atoms with Gasteiger partial charge in [0.05, 0.1) is 0 Å². The van der Waals surface area contributed by atoms with Crippen molar-refractivity contribution in [2.75, 3.05) is 12.0 Å². The molecule has 1 amide bonds. The van der Waals surface area contributed by atoms with E-state index in [-0.39, 0.29) is 5.91 Å². The molecule has 5 heteroatoms. The summed E-state index contributed by atoms with van der Waals surface area (Å²) < 4.78 is 0. The number of nitrogens with one attached hydrogen (secondary N) is 1. The zero-order valence-electron chi connectivity index (χ0n) is 15.9. The summed E-state index contributed by atoms with van der Waals surface area (Å²) in [6.07, 6.45) is 10.6. The summed E-state index contributed by atoms with van der Waals surface area (Å²) >= 11 is 1.58. The van der Waals surface area contributed by atoms with E-state index in [1.165, 1.54) is 44.1 Å². The molecular weight excluding hydrogens is 358 g/mol. The molecule has 27 heavy (non-hydrogen) atoms. The van der Waals surface area contributed by atoms with E-state index in [2.05, 4.69) is 17.4 Å². The molecule has 0 spiro atoms. The molecule has 0 saturated heterocycles. The van der Waals surface area contributed by atoms with Gasteiger partial charge >= 0.3 is 5.97 Å². The first kappa shape index (κ1) is 18.9. The summed E-state index contributed by atoms with van der Waals surface area (Å²) in [4.78, 5) is 23.9. The molecule has 1 aromatic carbocycles. The fourth-order valence-corrected chi connectivity index (χ4v) is 6.65. The molecule has 1 unspecified atom stereocenters. The number of hydrogen-bond acceptors (Lipinski definition) is 3. The van der Waals surface area contributed by atoms with Crippen LogP contribution >= 0.6 is 11.8 Å². The van der Waals surface area contributed by atoms with Gasteiger partial charge in [-0.15, -0.1) is 0 Å². The standard InChI is InChI=1S/C22H29NO3S/c1-27-7-6-19(21(25)26)23-20(24)17-2-4-18(5-3-17)22-11-14-8-15(12-22)10-16(9-14)13-22/h2-5,14-16,19H,6-13H2,1H3,(H,23,24)(H,25,26). The van der Waals surface area contributed by atoms with Crippen molar-refractivity contribution in [2.45, 2.75) is 56.4 Å². The van der Waals surface area contributed by atoms with E-state index in [9.17, 15) is 14.7 Å². The number of carbonyl (C=O) groups is 2. The predicted molar refractivity (Wildman–Crippen MR) is 108 cm³/mol. The van der Waals surface area contributed by atoms with Crippen molar-refractivity contribution in [3.8, 4) is 0 Å². The largest absolute Gasteiger partial charge is 0.480 e. The van der Waals surface area contributed by atoms with Gasteiger partial charge in [0, 0.05) is 5.56 Å². The van der Waals surface area contributed by atoms with Gasteiger partial charge in [0.25, 0.3) is 5.91 Å². The van der Waals surface area contributed by atoms with Crippen molar-refractivity contribution in [3.63, 3.8) is 0 Å². The van der Waals surface area contributed by atoms with Crippen LogP contribution in [0.4, 0.5) is 0 Å². The van der Waals surface area contributed by atoms with Gasteiger partial charge in [-0.1, -0.05) is 12.1 Å². The number of aliphatic carboxylic acids is 1. The summed E-state index contributed by atoms with van der Waals surface area (Å²) in [5, 5.41) is 12.0. The average Bonchev–Trinajstić information content (AvgIpc) is 2.63. The van der Waals surface area contributed by atoms with Crippen molar-refractivity contribution < 1.29 is 14.7 Å². The minimum atomic E-state index is -0.970. The third kappa shape index (κ3) is 3.75. The lowest BCUT2D eigenvalue weighted by atomic mass is 9.48. The average molecular weight is 388 g/mol. The number of carbonyl (C=O) groups excluding carboxylic acids is 1. The monoisotopic (exact) mass is 387 g/mol. The number of benzene rings is 1. The fraction of sp³-hybridized carbons (Fsp3) is 0.636. The third-order valence-electron chi connectivity index (χ3n) is 7.01. The van der Waals surface area contributed by atoms with Crippen LogP contribution in [0.25, 0.3) is 0 Å². The lowest BCUT2D eigenvalue weighted by Crippen LogP contribution is -2.48. The molecule has 5 rings (SSSR count). The Morgan fingerprint density at radius 1 is 1.11 bits per heavy atom. The zero-order valence-corrected chi connectivity index (χ0v) is 16.8. The number of amides is 1. The van der Waals surface area contributed by atoms with Gasteiger partial charge in [-0.3, -0.25) is 4.79 Å². The molecule has 4 aliphatic rings. The molecule has 4 fully saturated rings. The number of carboxylic acid groups (broad SMARTS) is 1. The molecule has 146 valence electrons. The highest BCUT2D eigenvalue weighted by Crippen LogP contribution is 2.60. The minimum Gasteiger partial charge on any atom is -0.480 e. The van der Waals surface area contributed by atoms with Gasteiger partial charge in [0.2, 0.25) is 0 Å². The summed E-state index contributed by atoms with van der Waals surface area (Å²) in [6, 6.07) is 7.19. The van der Waals surface area contributed by atoms with Gasteiger partial charge in [0.1, 0.15) is 6.04 Å². The Kier molecular flexibility index (Phi) is 5.23. The second-order valence-electron chi connectivity index (χ2n) is 8.92. The molecule has 2 N–H and O–H groups in total. The predicted octanol–water partition coefficient (Wildman–Crippen LogP) is 4.09. The van der Waals surface area contributed by atoms with Crippen LogP contribution in [-0.4, -0.2) is 35.0 Å². The van der Waals surface area contributed by atoms with Crippen LogP contribution in [0.3, 0.4) is 0 Å². The van der Waals surface area contributed by atoms with Gasteiger partial charge in [0.15, 0.2) is 0 Å². The van der Waals surface area contributed by atoms with Crippen LogP contribution in [-0.2, 0) is 10.2 Å². The summed E-state index contributed by atoms with van der Waals surface area (Å²) in [6.45, 7) is 0. The zero-order chi connectivity index (χ0) is 19.0. The van der Waals surface area contributed by atoms with Crippen LogP contribution in [0, 0.1) is 17.8 Å². The molecule has 0 aliphatic heterocycles. The van der Waals surface area contributed by atoms with E-state index in [0.29, 0.717) is 23.2 Å². The Labute approximate surface area is 165 Å². The number of hydrogen-bond donors (Lipinski definition) is 2. The molecule has 0 heterocycles. The fourth-order valence-electron chi connectivity index (χ4n) is 6.17. The quantitative estimate of drug-likeness (QED) is 0.739. The summed E-state index contributed by atoms with van der Waals surface area (Å²) in [7, 11) is 0. The molecule has 4 saturated carbocycles. The minimum absolute atomic E-state index is 0.291. The van der Waals surface area contributed by atoms with E-state index in [1.807, 2.05) is 18.4 Å². The van der Waals surface area contributed by atoms with Gasteiger partial charge in [-0.25, -0.2) is 4.79 Å². The van der Waals surface area contributed by atoms with Crippen molar-refractivity contribution in [3.05, 3.63) is 35.4 Å². The van der Waals surface area contributed by atoms with Crippen molar-refractivity contribution in [1.29, 1.82) is 0 Å². The Hall–Kier alpha value is -1.49. The summed E-state index contributed by atoms with van der Waals surface area (Å²) in [5.74, 6) is 2.14. The molecular formula is C22H29NO3S. The molecule has 4 aliphatic carbocycles. The molecule has 4 nitrogen and oxygen atoms in total. The van der Waals surface area contributed by atoms with Crippen LogP contribution in [0.15, 0.2) is 24.3 Å². The van der Waals surface area contributed by atoms with Gasteiger partial charge < -0.3 is 10.4 Å². The molecule has 0 radical (unpaired) electrons. The highest BCUT2D eigenvalue weighted by Gasteiger charge is 2.51. The van der Waals surface area contributed by atoms with Crippen LogP contribution in [0.5, 0.6) is 0 Å².